The maximum absolute atomic E-state index is 13.1. The van der Waals surface area contributed by atoms with Crippen LogP contribution in [0.4, 0.5) is 0 Å². The molecule has 0 unspecified atom stereocenters. The first-order chi connectivity index (χ1) is 11.9. The molecule has 0 amide bonds. The number of aromatic nitrogens is 2. The minimum absolute atomic E-state index is 0.0105. The van der Waals surface area contributed by atoms with Crippen molar-refractivity contribution in [2.75, 3.05) is 7.11 Å². The van der Waals surface area contributed by atoms with E-state index < -0.39 is 15.6 Å². The molecule has 0 spiro atoms. The van der Waals surface area contributed by atoms with Crippen molar-refractivity contribution < 1.29 is 17.7 Å². The molecular weight excluding hydrogens is 366 g/mol. The lowest BCUT2D eigenvalue weighted by atomic mass is 9.82. The third kappa shape index (κ3) is 3.65. The van der Waals surface area contributed by atoms with Crippen LogP contribution in [-0.2, 0) is 15.6 Å². The highest BCUT2D eigenvalue weighted by atomic mass is 35.5. The third-order valence-electron chi connectivity index (χ3n) is 4.39. The van der Waals surface area contributed by atoms with Crippen LogP contribution in [0.15, 0.2) is 27.6 Å². The highest BCUT2D eigenvalue weighted by Gasteiger charge is 2.43. The van der Waals surface area contributed by atoms with Crippen molar-refractivity contribution in [3.8, 4) is 5.75 Å². The number of rotatable bonds is 5. The Kier molecular flexibility index (Phi) is 5.04. The summed E-state index contributed by atoms with van der Waals surface area (Å²) in [5.74, 6) is 0.998. The Labute approximate surface area is 151 Å². The predicted molar refractivity (Wildman–Crippen MR) is 92.1 cm³/mol. The summed E-state index contributed by atoms with van der Waals surface area (Å²) in [7, 11) is -2.49. The summed E-state index contributed by atoms with van der Waals surface area (Å²) >= 11 is 5.99. The molecule has 0 saturated heterocycles. The number of halogens is 1. The summed E-state index contributed by atoms with van der Waals surface area (Å²) in [4.78, 5) is 4.27. The Bertz CT molecular complexity index is 860. The summed E-state index contributed by atoms with van der Waals surface area (Å²) in [6.07, 6.45) is 3.97. The first kappa shape index (κ1) is 18.2. The number of aryl methyl sites for hydroxylation is 1. The highest BCUT2D eigenvalue weighted by molar-refractivity contribution is 7.89. The maximum Gasteiger partial charge on any atom is 0.247 e. The molecule has 1 heterocycles. The van der Waals surface area contributed by atoms with Crippen LogP contribution in [-0.4, -0.2) is 25.7 Å². The van der Waals surface area contributed by atoms with Gasteiger partial charge in [0, 0.05) is 5.02 Å². The molecular formula is C16H20ClN3O4S. The number of nitrogens with zero attached hydrogens (tertiary/aromatic N) is 2. The van der Waals surface area contributed by atoms with Crippen molar-refractivity contribution in [3.05, 3.63) is 34.9 Å². The second kappa shape index (κ2) is 6.93. The van der Waals surface area contributed by atoms with Gasteiger partial charge in [-0.3, -0.25) is 0 Å². The molecule has 1 saturated carbocycles. The van der Waals surface area contributed by atoms with Crippen LogP contribution in [0.3, 0.4) is 0 Å². The number of hydrogen-bond donors (Lipinski definition) is 1. The second-order valence-electron chi connectivity index (χ2n) is 6.19. The van der Waals surface area contributed by atoms with E-state index in [4.69, 9.17) is 20.9 Å². The van der Waals surface area contributed by atoms with Crippen LogP contribution in [0.1, 0.15) is 43.8 Å². The Hall–Kier alpha value is -1.64. The lowest BCUT2D eigenvalue weighted by molar-refractivity contribution is 0.199. The first-order valence-corrected chi connectivity index (χ1v) is 9.91. The average Bonchev–Trinajstić information content (AvgIpc) is 3.02. The Balaban J connectivity index is 2.03. The minimum atomic E-state index is -3.91. The zero-order chi connectivity index (χ0) is 18.1. The van der Waals surface area contributed by atoms with E-state index in [9.17, 15) is 8.42 Å². The third-order valence-corrected chi connectivity index (χ3v) is 6.18. The molecule has 2 aromatic rings. The molecule has 7 nitrogen and oxygen atoms in total. The van der Waals surface area contributed by atoms with Gasteiger partial charge in [-0.2, -0.15) is 9.71 Å². The molecule has 0 aliphatic heterocycles. The fourth-order valence-electron chi connectivity index (χ4n) is 3.18. The van der Waals surface area contributed by atoms with Crippen molar-refractivity contribution in [1.29, 1.82) is 0 Å². The summed E-state index contributed by atoms with van der Waals surface area (Å²) < 4.78 is 39.5. The fourth-order valence-corrected chi connectivity index (χ4v) is 5.03. The molecule has 1 N–H and O–H groups in total. The predicted octanol–water partition coefficient (Wildman–Crippen LogP) is 3.18. The van der Waals surface area contributed by atoms with E-state index in [0.29, 0.717) is 29.6 Å². The van der Waals surface area contributed by atoms with Gasteiger partial charge in [0.15, 0.2) is 5.82 Å². The molecule has 1 aliphatic carbocycles. The number of methoxy groups -OCH3 is 1. The minimum Gasteiger partial charge on any atom is -0.495 e. The number of ether oxygens (including phenoxy) is 1. The van der Waals surface area contributed by atoms with Crippen LogP contribution in [0.5, 0.6) is 5.75 Å². The summed E-state index contributed by atoms with van der Waals surface area (Å²) in [6, 6.07) is 4.48. The molecule has 136 valence electrons. The fraction of sp³-hybridized carbons (Fsp3) is 0.500. The van der Waals surface area contributed by atoms with E-state index in [2.05, 4.69) is 14.9 Å². The van der Waals surface area contributed by atoms with E-state index in [1.807, 2.05) is 0 Å². The maximum atomic E-state index is 13.1. The van der Waals surface area contributed by atoms with Gasteiger partial charge in [-0.25, -0.2) is 8.42 Å². The zero-order valence-electron chi connectivity index (χ0n) is 14.1. The molecule has 0 radical (unpaired) electrons. The van der Waals surface area contributed by atoms with E-state index in [-0.39, 0.29) is 10.6 Å². The monoisotopic (exact) mass is 385 g/mol. The van der Waals surface area contributed by atoms with Crippen LogP contribution in [0.2, 0.25) is 5.02 Å². The van der Waals surface area contributed by atoms with Crippen molar-refractivity contribution in [2.24, 2.45) is 0 Å². The van der Waals surface area contributed by atoms with Gasteiger partial charge >= 0.3 is 0 Å². The summed E-state index contributed by atoms with van der Waals surface area (Å²) in [5, 5.41) is 4.13. The molecule has 1 aromatic heterocycles. The van der Waals surface area contributed by atoms with Crippen LogP contribution < -0.4 is 9.46 Å². The molecule has 25 heavy (non-hydrogen) atoms. The lowest BCUT2D eigenvalue weighted by Crippen LogP contribution is -2.47. The number of benzene rings is 1. The zero-order valence-corrected chi connectivity index (χ0v) is 15.7. The van der Waals surface area contributed by atoms with Gasteiger partial charge in [-0.05, 0) is 38.0 Å². The molecule has 0 bridgehead atoms. The van der Waals surface area contributed by atoms with E-state index in [1.54, 1.807) is 13.0 Å². The average molecular weight is 386 g/mol. The summed E-state index contributed by atoms with van der Waals surface area (Å²) in [6.45, 7) is 1.71. The van der Waals surface area contributed by atoms with Gasteiger partial charge in [0.25, 0.3) is 0 Å². The number of sulfonamides is 1. The first-order valence-electron chi connectivity index (χ1n) is 8.05. The van der Waals surface area contributed by atoms with E-state index in [0.717, 1.165) is 19.3 Å². The number of nitrogens with one attached hydrogen (secondary N) is 1. The van der Waals surface area contributed by atoms with Gasteiger partial charge in [-0.1, -0.05) is 36.0 Å². The molecule has 1 fully saturated rings. The van der Waals surface area contributed by atoms with Crippen LogP contribution >= 0.6 is 11.6 Å². The number of hydrogen-bond acceptors (Lipinski definition) is 6. The van der Waals surface area contributed by atoms with Gasteiger partial charge in [-0.15, -0.1) is 0 Å². The highest BCUT2D eigenvalue weighted by Crippen LogP contribution is 2.38. The second-order valence-corrected chi connectivity index (χ2v) is 8.28. The molecule has 1 aromatic carbocycles. The van der Waals surface area contributed by atoms with Gasteiger partial charge < -0.3 is 9.26 Å². The quantitative estimate of drug-likeness (QED) is 0.849. The SMILES string of the molecule is COc1ccc(Cl)cc1S(=O)(=O)NC1(c2nc(C)no2)CCCCC1. The van der Waals surface area contributed by atoms with Crippen LogP contribution in [0, 0.1) is 6.92 Å². The van der Waals surface area contributed by atoms with Crippen LogP contribution in [0.25, 0.3) is 0 Å². The smallest absolute Gasteiger partial charge is 0.247 e. The van der Waals surface area contributed by atoms with Crippen molar-refractivity contribution >= 4 is 21.6 Å². The van der Waals surface area contributed by atoms with Crippen molar-refractivity contribution in [1.82, 2.24) is 14.9 Å². The largest absolute Gasteiger partial charge is 0.495 e. The van der Waals surface area contributed by atoms with Crippen molar-refractivity contribution in [3.63, 3.8) is 0 Å². The Morgan fingerprint density at radius 1 is 1.28 bits per heavy atom. The molecule has 9 heteroatoms. The van der Waals surface area contributed by atoms with E-state index in [1.165, 1.54) is 19.2 Å². The van der Waals surface area contributed by atoms with Crippen molar-refractivity contribution in [2.45, 2.75) is 49.5 Å². The van der Waals surface area contributed by atoms with Gasteiger partial charge in [0.2, 0.25) is 15.9 Å². The molecule has 0 atom stereocenters. The normalized spacial score (nSPS) is 17.4. The Morgan fingerprint density at radius 3 is 2.60 bits per heavy atom. The standard InChI is InChI=1S/C16H20ClN3O4S/c1-11-18-15(24-19-11)16(8-4-3-5-9-16)20-25(21,22)14-10-12(17)6-7-13(14)23-2/h6-7,10,20H,3-5,8-9H2,1-2H3. The lowest BCUT2D eigenvalue weighted by Gasteiger charge is -2.34. The molecule has 1 aliphatic rings. The van der Waals surface area contributed by atoms with Gasteiger partial charge in [0.1, 0.15) is 16.2 Å². The summed E-state index contributed by atoms with van der Waals surface area (Å²) in [5.41, 5.74) is -0.911. The van der Waals surface area contributed by atoms with E-state index >= 15 is 0 Å². The topological polar surface area (TPSA) is 94.3 Å². The van der Waals surface area contributed by atoms with Gasteiger partial charge in [0.05, 0.1) is 7.11 Å². The molecule has 3 rings (SSSR count). The Morgan fingerprint density at radius 2 is 2.00 bits per heavy atom.